The normalized spacial score (nSPS) is 20.0. The molecule has 6 nitrogen and oxygen atoms in total. The van der Waals surface area contributed by atoms with Gasteiger partial charge in [-0.2, -0.15) is 0 Å². The summed E-state index contributed by atoms with van der Waals surface area (Å²) < 4.78 is 6.99. The number of pyridine rings is 1. The molecule has 0 amide bonds. The molecule has 1 saturated heterocycles. The van der Waals surface area contributed by atoms with Crippen LogP contribution in [0.3, 0.4) is 0 Å². The molecule has 2 aromatic heterocycles. The van der Waals surface area contributed by atoms with Crippen molar-refractivity contribution in [3.63, 3.8) is 0 Å². The fourth-order valence-electron chi connectivity index (χ4n) is 2.50. The number of morpholine rings is 1. The number of fused-ring (bicyclic) bond motifs is 1. The quantitative estimate of drug-likeness (QED) is 0.894. The van der Waals surface area contributed by atoms with Crippen molar-refractivity contribution >= 4 is 17.2 Å². The summed E-state index contributed by atoms with van der Waals surface area (Å²) in [4.78, 5) is 18.8. The van der Waals surface area contributed by atoms with Crippen molar-refractivity contribution < 1.29 is 4.74 Å². The van der Waals surface area contributed by atoms with E-state index in [1.807, 2.05) is 0 Å². The summed E-state index contributed by atoms with van der Waals surface area (Å²) in [7, 11) is 0. The van der Waals surface area contributed by atoms with Gasteiger partial charge in [-0.05, 0) is 12.1 Å². The molecule has 0 aliphatic carbocycles. The number of hydrogen-bond acceptors (Lipinski definition) is 5. The fraction of sp³-hybridized carbons (Fsp3) is 0.429. The van der Waals surface area contributed by atoms with Crippen molar-refractivity contribution in [3.8, 4) is 0 Å². The molecule has 1 atom stereocenters. The van der Waals surface area contributed by atoms with Gasteiger partial charge in [0.15, 0.2) is 0 Å². The number of ether oxygens (including phenoxy) is 1. The highest BCUT2D eigenvalue weighted by Gasteiger charge is 2.19. The highest BCUT2D eigenvalue weighted by molar-refractivity contribution is 6.30. The second kappa shape index (κ2) is 6.11. The van der Waals surface area contributed by atoms with Gasteiger partial charge in [0.05, 0.1) is 23.4 Å². The van der Waals surface area contributed by atoms with Crippen molar-refractivity contribution in [1.82, 2.24) is 14.3 Å². The zero-order valence-corrected chi connectivity index (χ0v) is 12.3. The smallest absolute Gasteiger partial charge is 0.258 e. The highest BCUT2D eigenvalue weighted by atomic mass is 35.5. The lowest BCUT2D eigenvalue weighted by Crippen LogP contribution is -2.45. The standard InChI is InChI=1S/C14H17ClN4O2/c15-10-1-2-13-17-11(5-14(20)19(13)7-10)8-18-3-4-21-12(6-16)9-18/h1-2,5,7,12H,3-4,6,8-9,16H2. The Hall–Kier alpha value is -1.47. The summed E-state index contributed by atoms with van der Waals surface area (Å²) in [5.74, 6) is 0. The Labute approximate surface area is 127 Å². The lowest BCUT2D eigenvalue weighted by Gasteiger charge is -2.31. The summed E-state index contributed by atoms with van der Waals surface area (Å²) >= 11 is 5.90. The van der Waals surface area contributed by atoms with Crippen molar-refractivity contribution in [1.29, 1.82) is 0 Å². The van der Waals surface area contributed by atoms with Gasteiger partial charge < -0.3 is 10.5 Å². The molecule has 1 aliphatic heterocycles. The van der Waals surface area contributed by atoms with Crippen molar-refractivity contribution in [2.24, 2.45) is 5.73 Å². The van der Waals surface area contributed by atoms with E-state index in [1.54, 1.807) is 24.4 Å². The predicted molar refractivity (Wildman–Crippen MR) is 80.5 cm³/mol. The maximum Gasteiger partial charge on any atom is 0.258 e. The Morgan fingerprint density at radius 1 is 1.48 bits per heavy atom. The molecule has 3 rings (SSSR count). The number of hydrogen-bond donors (Lipinski definition) is 1. The second-order valence-electron chi connectivity index (χ2n) is 5.12. The maximum absolute atomic E-state index is 12.1. The van der Waals surface area contributed by atoms with Crippen LogP contribution < -0.4 is 11.3 Å². The molecule has 0 radical (unpaired) electrons. The molecule has 0 bridgehead atoms. The van der Waals surface area contributed by atoms with Crippen LogP contribution in [0.25, 0.3) is 5.65 Å². The van der Waals surface area contributed by atoms with E-state index < -0.39 is 0 Å². The van der Waals surface area contributed by atoms with E-state index in [0.717, 1.165) is 18.8 Å². The molecule has 3 heterocycles. The molecular formula is C14H17ClN4O2. The van der Waals surface area contributed by atoms with E-state index in [0.29, 0.717) is 30.4 Å². The van der Waals surface area contributed by atoms with Crippen molar-refractivity contribution in [3.05, 3.63) is 45.5 Å². The molecule has 2 N–H and O–H groups in total. The van der Waals surface area contributed by atoms with Gasteiger partial charge in [-0.25, -0.2) is 4.98 Å². The minimum Gasteiger partial charge on any atom is -0.374 e. The minimum absolute atomic E-state index is 0.0547. The number of aromatic nitrogens is 2. The first-order chi connectivity index (χ1) is 10.2. The lowest BCUT2D eigenvalue weighted by molar-refractivity contribution is -0.0264. The van der Waals surface area contributed by atoms with Gasteiger partial charge in [0.1, 0.15) is 5.65 Å². The molecule has 0 spiro atoms. The fourth-order valence-corrected chi connectivity index (χ4v) is 2.66. The monoisotopic (exact) mass is 308 g/mol. The topological polar surface area (TPSA) is 72.9 Å². The molecule has 1 aliphatic rings. The zero-order valence-electron chi connectivity index (χ0n) is 11.5. The van der Waals surface area contributed by atoms with Gasteiger partial charge in [-0.3, -0.25) is 14.1 Å². The number of halogens is 1. The van der Waals surface area contributed by atoms with Gasteiger partial charge in [0.2, 0.25) is 0 Å². The Bertz CT molecular complexity index is 703. The van der Waals surface area contributed by atoms with Crippen LogP contribution in [0.5, 0.6) is 0 Å². The SMILES string of the molecule is NCC1CN(Cc2cc(=O)n3cc(Cl)ccc3n2)CCO1. The molecule has 2 aromatic rings. The Morgan fingerprint density at radius 2 is 2.33 bits per heavy atom. The van der Waals surface area contributed by atoms with Gasteiger partial charge in [-0.15, -0.1) is 0 Å². The van der Waals surface area contributed by atoms with E-state index in [1.165, 1.54) is 4.40 Å². The molecule has 0 saturated carbocycles. The first kappa shape index (κ1) is 14.5. The lowest BCUT2D eigenvalue weighted by atomic mass is 10.2. The van der Waals surface area contributed by atoms with Crippen LogP contribution >= 0.6 is 11.6 Å². The van der Waals surface area contributed by atoms with Crippen LogP contribution in [0.4, 0.5) is 0 Å². The van der Waals surface area contributed by atoms with Crippen LogP contribution in [-0.4, -0.2) is 46.6 Å². The number of nitrogens with two attached hydrogens (primary N) is 1. The van der Waals surface area contributed by atoms with E-state index >= 15 is 0 Å². The van der Waals surface area contributed by atoms with E-state index in [9.17, 15) is 4.79 Å². The largest absolute Gasteiger partial charge is 0.374 e. The first-order valence-corrected chi connectivity index (χ1v) is 7.25. The van der Waals surface area contributed by atoms with Crippen molar-refractivity contribution in [2.75, 3.05) is 26.2 Å². The van der Waals surface area contributed by atoms with Gasteiger partial charge in [0, 0.05) is 38.4 Å². The average Bonchev–Trinajstić information content (AvgIpc) is 2.48. The third kappa shape index (κ3) is 3.24. The van der Waals surface area contributed by atoms with Gasteiger partial charge in [-0.1, -0.05) is 11.6 Å². The Morgan fingerprint density at radius 3 is 3.14 bits per heavy atom. The minimum atomic E-state index is -0.124. The van der Waals surface area contributed by atoms with E-state index in [-0.39, 0.29) is 11.7 Å². The molecule has 7 heteroatoms. The summed E-state index contributed by atoms with van der Waals surface area (Å²) in [5.41, 5.74) is 6.87. The summed E-state index contributed by atoms with van der Waals surface area (Å²) in [6.45, 7) is 3.36. The van der Waals surface area contributed by atoms with Gasteiger partial charge in [0.25, 0.3) is 5.56 Å². The molecule has 21 heavy (non-hydrogen) atoms. The third-order valence-corrected chi connectivity index (χ3v) is 3.77. The molecule has 1 fully saturated rings. The molecule has 112 valence electrons. The molecule has 1 unspecified atom stereocenters. The summed E-state index contributed by atoms with van der Waals surface area (Å²) in [6, 6.07) is 5.03. The summed E-state index contributed by atoms with van der Waals surface area (Å²) in [6.07, 6.45) is 1.63. The van der Waals surface area contributed by atoms with Crippen LogP contribution in [0.15, 0.2) is 29.2 Å². The first-order valence-electron chi connectivity index (χ1n) is 6.87. The van der Waals surface area contributed by atoms with Crippen LogP contribution in [0.1, 0.15) is 5.69 Å². The second-order valence-corrected chi connectivity index (χ2v) is 5.56. The Kier molecular flexibility index (Phi) is 4.21. The van der Waals surface area contributed by atoms with E-state index in [4.69, 9.17) is 22.1 Å². The average molecular weight is 309 g/mol. The molecular weight excluding hydrogens is 292 g/mol. The van der Waals surface area contributed by atoms with Gasteiger partial charge >= 0.3 is 0 Å². The van der Waals surface area contributed by atoms with E-state index in [2.05, 4.69) is 9.88 Å². The number of nitrogens with zero attached hydrogens (tertiary/aromatic N) is 3. The Balaban J connectivity index is 1.84. The highest BCUT2D eigenvalue weighted by Crippen LogP contribution is 2.11. The number of rotatable bonds is 3. The molecule has 0 aromatic carbocycles. The maximum atomic E-state index is 12.1. The zero-order chi connectivity index (χ0) is 14.8. The third-order valence-electron chi connectivity index (χ3n) is 3.55. The van der Waals surface area contributed by atoms with Crippen LogP contribution in [0.2, 0.25) is 5.02 Å². The van der Waals surface area contributed by atoms with Crippen molar-refractivity contribution in [2.45, 2.75) is 12.6 Å². The van der Waals surface area contributed by atoms with Crippen LogP contribution in [0, 0.1) is 0 Å². The van der Waals surface area contributed by atoms with Crippen LogP contribution in [-0.2, 0) is 11.3 Å². The summed E-state index contributed by atoms with van der Waals surface area (Å²) in [5, 5.41) is 0.512. The predicted octanol–water partition coefficient (Wildman–Crippen LogP) is 0.507.